The van der Waals surface area contributed by atoms with Gasteiger partial charge < -0.3 is 10.6 Å². The maximum Gasteiger partial charge on any atom is 0.241 e. The number of nitrogens with zero attached hydrogens (tertiary/aromatic N) is 1. The molecule has 6 heteroatoms. The molecule has 1 atom stereocenters. The van der Waals surface area contributed by atoms with Gasteiger partial charge in [-0.2, -0.15) is 0 Å². The van der Waals surface area contributed by atoms with E-state index in [0.29, 0.717) is 22.7 Å². The van der Waals surface area contributed by atoms with E-state index in [4.69, 9.17) is 5.73 Å². The largest absolute Gasteiger partial charge is 0.398 e. The van der Waals surface area contributed by atoms with E-state index in [0.717, 1.165) is 11.1 Å². The van der Waals surface area contributed by atoms with Crippen molar-refractivity contribution in [2.45, 2.75) is 38.6 Å². The van der Waals surface area contributed by atoms with Gasteiger partial charge in [0.1, 0.15) is 0 Å². The lowest BCUT2D eigenvalue weighted by atomic mass is 10.1. The van der Waals surface area contributed by atoms with Crippen molar-refractivity contribution in [2.75, 3.05) is 26.4 Å². The van der Waals surface area contributed by atoms with Gasteiger partial charge in [-0.3, -0.25) is 0 Å². The Morgan fingerprint density at radius 1 is 1.25 bits per heavy atom. The van der Waals surface area contributed by atoms with Crippen LogP contribution < -0.4 is 10.5 Å². The molecule has 0 heterocycles. The summed E-state index contributed by atoms with van der Waals surface area (Å²) in [5, 5.41) is 0. The lowest BCUT2D eigenvalue weighted by Gasteiger charge is -2.21. The van der Waals surface area contributed by atoms with Crippen LogP contribution in [-0.2, 0) is 10.0 Å². The Labute approximate surface area is 122 Å². The van der Waals surface area contributed by atoms with Gasteiger partial charge in [0.05, 0.1) is 4.90 Å². The molecule has 0 saturated heterocycles. The molecule has 0 aliphatic carbocycles. The van der Waals surface area contributed by atoms with Crippen molar-refractivity contribution in [1.29, 1.82) is 0 Å². The molecule has 0 spiro atoms. The number of nitrogen functional groups attached to an aromatic ring is 1. The highest BCUT2D eigenvalue weighted by Gasteiger charge is 2.23. The maximum atomic E-state index is 12.5. The molecule has 20 heavy (non-hydrogen) atoms. The molecule has 0 fully saturated rings. The smallest absolute Gasteiger partial charge is 0.241 e. The number of hydrogen-bond donors (Lipinski definition) is 2. The van der Waals surface area contributed by atoms with E-state index in [1.54, 1.807) is 13.8 Å². The fourth-order valence-electron chi connectivity index (χ4n) is 2.50. The van der Waals surface area contributed by atoms with Crippen molar-refractivity contribution in [2.24, 2.45) is 0 Å². The van der Waals surface area contributed by atoms with E-state index in [-0.39, 0.29) is 6.04 Å². The number of rotatable bonds is 5. The van der Waals surface area contributed by atoms with Gasteiger partial charge in [0.2, 0.25) is 10.0 Å². The number of benzene rings is 1. The second-order valence-corrected chi connectivity index (χ2v) is 7.31. The highest BCUT2D eigenvalue weighted by molar-refractivity contribution is 7.89. The van der Waals surface area contributed by atoms with Crippen molar-refractivity contribution in [1.82, 2.24) is 9.62 Å². The van der Waals surface area contributed by atoms with Crippen LogP contribution in [0.15, 0.2) is 11.0 Å². The summed E-state index contributed by atoms with van der Waals surface area (Å²) in [6, 6.07) is 1.64. The average Bonchev–Trinajstić information content (AvgIpc) is 2.23. The van der Waals surface area contributed by atoms with Crippen LogP contribution in [0, 0.1) is 20.8 Å². The molecule has 0 amide bonds. The first-order valence-electron chi connectivity index (χ1n) is 6.59. The summed E-state index contributed by atoms with van der Waals surface area (Å²) in [4.78, 5) is 2.24. The predicted octanol–water partition coefficient (Wildman–Crippen LogP) is 1.42. The summed E-state index contributed by atoms with van der Waals surface area (Å²) in [5.41, 5.74) is 8.74. The Hall–Kier alpha value is -1.11. The third-order valence-corrected chi connectivity index (χ3v) is 5.10. The van der Waals surface area contributed by atoms with Crippen molar-refractivity contribution < 1.29 is 8.42 Å². The molecule has 1 aromatic rings. The van der Waals surface area contributed by atoms with Gasteiger partial charge in [-0.05, 0) is 58.5 Å². The number of anilines is 1. The van der Waals surface area contributed by atoms with Gasteiger partial charge in [0.25, 0.3) is 0 Å². The number of likely N-dealkylation sites (N-methyl/N-ethyl adjacent to an activating group) is 1. The minimum atomic E-state index is -3.56. The van der Waals surface area contributed by atoms with Crippen LogP contribution in [0.4, 0.5) is 5.69 Å². The molecule has 0 aromatic heterocycles. The fourth-order valence-corrected chi connectivity index (χ4v) is 4.22. The summed E-state index contributed by atoms with van der Waals surface area (Å²) < 4.78 is 27.8. The zero-order chi connectivity index (χ0) is 15.7. The summed E-state index contributed by atoms with van der Waals surface area (Å²) in [7, 11) is 0.253. The maximum absolute atomic E-state index is 12.5. The summed E-state index contributed by atoms with van der Waals surface area (Å²) in [6.45, 7) is 7.91. The first-order valence-corrected chi connectivity index (χ1v) is 8.08. The SMILES string of the molecule is Cc1cc(C)c(S(=O)(=O)NC(C)CN(C)C)c(C)c1N. The van der Waals surface area contributed by atoms with Gasteiger partial charge in [0, 0.05) is 18.3 Å². The van der Waals surface area contributed by atoms with Crippen LogP contribution in [0.25, 0.3) is 0 Å². The molecule has 0 aliphatic rings. The third-order valence-electron chi connectivity index (χ3n) is 3.22. The number of nitrogens with one attached hydrogen (secondary N) is 1. The van der Waals surface area contributed by atoms with Gasteiger partial charge in [-0.25, -0.2) is 13.1 Å². The molecule has 1 rings (SSSR count). The molecule has 0 bridgehead atoms. The molecule has 114 valence electrons. The van der Waals surface area contributed by atoms with E-state index in [2.05, 4.69) is 4.72 Å². The van der Waals surface area contributed by atoms with E-state index in [9.17, 15) is 8.42 Å². The Balaban J connectivity index is 3.20. The van der Waals surface area contributed by atoms with E-state index in [1.165, 1.54) is 0 Å². The number of hydrogen-bond acceptors (Lipinski definition) is 4. The standard InChI is InChI=1S/C14H25N3O2S/c1-9-7-10(2)14(12(4)13(9)15)20(18,19)16-11(3)8-17(5)6/h7,11,16H,8,15H2,1-6H3. The van der Waals surface area contributed by atoms with Crippen LogP contribution in [0.1, 0.15) is 23.6 Å². The molecule has 0 aliphatic heterocycles. The topological polar surface area (TPSA) is 75.4 Å². The van der Waals surface area contributed by atoms with Crippen molar-refractivity contribution in [3.8, 4) is 0 Å². The number of sulfonamides is 1. The number of aryl methyl sites for hydroxylation is 2. The van der Waals surface area contributed by atoms with E-state index >= 15 is 0 Å². The fraction of sp³-hybridized carbons (Fsp3) is 0.571. The Morgan fingerprint density at radius 2 is 1.80 bits per heavy atom. The van der Waals surface area contributed by atoms with Crippen LogP contribution in [-0.4, -0.2) is 40.0 Å². The summed E-state index contributed by atoms with van der Waals surface area (Å²) in [6.07, 6.45) is 0. The quantitative estimate of drug-likeness (QED) is 0.806. The van der Waals surface area contributed by atoms with Crippen LogP contribution in [0.5, 0.6) is 0 Å². The second-order valence-electron chi connectivity index (χ2n) is 5.66. The van der Waals surface area contributed by atoms with Crippen molar-refractivity contribution in [3.63, 3.8) is 0 Å². The van der Waals surface area contributed by atoms with Crippen molar-refractivity contribution >= 4 is 15.7 Å². The highest BCUT2D eigenvalue weighted by atomic mass is 32.2. The molecular weight excluding hydrogens is 274 g/mol. The minimum Gasteiger partial charge on any atom is -0.398 e. The zero-order valence-corrected chi connectivity index (χ0v) is 13.9. The Morgan fingerprint density at radius 3 is 2.30 bits per heavy atom. The zero-order valence-electron chi connectivity index (χ0n) is 13.1. The highest BCUT2D eigenvalue weighted by Crippen LogP contribution is 2.27. The molecule has 0 radical (unpaired) electrons. The molecule has 5 nitrogen and oxygen atoms in total. The van der Waals surface area contributed by atoms with E-state index in [1.807, 2.05) is 38.9 Å². The lowest BCUT2D eigenvalue weighted by Crippen LogP contribution is -2.40. The molecule has 1 aromatic carbocycles. The Kier molecular flexibility index (Phi) is 5.18. The van der Waals surface area contributed by atoms with Gasteiger partial charge in [-0.1, -0.05) is 6.07 Å². The summed E-state index contributed by atoms with van der Waals surface area (Å²) >= 11 is 0. The molecule has 1 unspecified atom stereocenters. The van der Waals surface area contributed by atoms with Crippen molar-refractivity contribution in [3.05, 3.63) is 22.8 Å². The third kappa shape index (κ3) is 3.71. The average molecular weight is 299 g/mol. The Bertz CT molecular complexity index is 595. The predicted molar refractivity (Wildman–Crippen MR) is 83.4 cm³/mol. The van der Waals surface area contributed by atoms with Gasteiger partial charge in [0.15, 0.2) is 0 Å². The van der Waals surface area contributed by atoms with Crippen LogP contribution >= 0.6 is 0 Å². The van der Waals surface area contributed by atoms with E-state index < -0.39 is 10.0 Å². The first kappa shape index (κ1) is 16.9. The first-order chi connectivity index (χ1) is 9.06. The normalized spacial score (nSPS) is 13.8. The molecule has 3 N–H and O–H groups in total. The van der Waals surface area contributed by atoms with Crippen LogP contribution in [0.3, 0.4) is 0 Å². The monoisotopic (exact) mass is 299 g/mol. The molecule has 0 saturated carbocycles. The molecular formula is C14H25N3O2S. The summed E-state index contributed by atoms with van der Waals surface area (Å²) in [5.74, 6) is 0. The lowest BCUT2D eigenvalue weighted by molar-refractivity contribution is 0.370. The second kappa shape index (κ2) is 6.11. The van der Waals surface area contributed by atoms with Gasteiger partial charge >= 0.3 is 0 Å². The number of nitrogens with two attached hydrogens (primary N) is 1. The van der Waals surface area contributed by atoms with Crippen LogP contribution in [0.2, 0.25) is 0 Å². The minimum absolute atomic E-state index is 0.170. The van der Waals surface area contributed by atoms with Gasteiger partial charge in [-0.15, -0.1) is 0 Å².